The Hall–Kier alpha value is -3.13. The number of carboxylic acids is 1. The molecule has 27 heavy (non-hydrogen) atoms. The second-order valence-corrected chi connectivity index (χ2v) is 7.06. The van der Waals surface area contributed by atoms with Crippen LogP contribution in [0.5, 0.6) is 0 Å². The fraction of sp³-hybridized carbons (Fsp3) is 0.158. The number of aliphatic imine (C=N–C) groups is 1. The minimum atomic E-state index is -0.989. The second-order valence-electron chi connectivity index (χ2n) is 6.03. The summed E-state index contributed by atoms with van der Waals surface area (Å²) in [7, 11) is 0. The minimum Gasteiger partial charge on any atom is -0.478 e. The summed E-state index contributed by atoms with van der Waals surface area (Å²) < 4.78 is 1.93. The van der Waals surface area contributed by atoms with Crippen molar-refractivity contribution in [3.05, 3.63) is 57.8 Å². The molecule has 0 aliphatic carbocycles. The van der Waals surface area contributed by atoms with Gasteiger partial charge in [0.15, 0.2) is 5.17 Å². The monoisotopic (exact) mass is 383 g/mol. The van der Waals surface area contributed by atoms with Gasteiger partial charge in [0.25, 0.3) is 5.91 Å². The highest BCUT2D eigenvalue weighted by molar-refractivity contribution is 8.18. The number of thioether (sulfide) groups is 1. The number of carboxylic acid groups (broad SMARTS) is 1. The van der Waals surface area contributed by atoms with Crippen molar-refractivity contribution in [1.82, 2.24) is 9.88 Å². The van der Waals surface area contributed by atoms with Crippen molar-refractivity contribution in [2.45, 2.75) is 20.8 Å². The molecule has 138 valence electrons. The molecular formula is C19H17N3O4S. The van der Waals surface area contributed by atoms with Crippen LogP contribution in [-0.2, 0) is 9.59 Å². The summed E-state index contributed by atoms with van der Waals surface area (Å²) in [5.41, 5.74) is 3.53. The van der Waals surface area contributed by atoms with E-state index in [0.717, 1.165) is 34.4 Å². The van der Waals surface area contributed by atoms with Gasteiger partial charge >= 0.3 is 5.97 Å². The first-order chi connectivity index (χ1) is 12.8. The fourth-order valence-corrected chi connectivity index (χ4v) is 3.71. The molecule has 2 amide bonds. The van der Waals surface area contributed by atoms with E-state index in [1.807, 2.05) is 30.5 Å². The van der Waals surface area contributed by atoms with E-state index in [1.165, 1.54) is 13.0 Å². The second kappa shape index (κ2) is 7.24. The lowest BCUT2D eigenvalue weighted by molar-refractivity contribution is -0.117. The lowest BCUT2D eigenvalue weighted by Gasteiger charge is -2.10. The molecule has 1 aromatic heterocycles. The maximum Gasteiger partial charge on any atom is 0.335 e. The van der Waals surface area contributed by atoms with Crippen molar-refractivity contribution < 1.29 is 19.5 Å². The first-order valence-electron chi connectivity index (χ1n) is 8.09. The molecule has 0 atom stereocenters. The van der Waals surface area contributed by atoms with E-state index in [4.69, 9.17) is 0 Å². The highest BCUT2D eigenvalue weighted by atomic mass is 32.2. The normalized spacial score (nSPS) is 15.1. The Balaban J connectivity index is 1.96. The summed E-state index contributed by atoms with van der Waals surface area (Å²) in [6.45, 7) is 5.16. The van der Waals surface area contributed by atoms with Crippen LogP contribution in [-0.4, -0.2) is 32.6 Å². The van der Waals surface area contributed by atoms with Crippen LogP contribution >= 0.6 is 11.8 Å². The van der Waals surface area contributed by atoms with Crippen LogP contribution in [0.3, 0.4) is 0 Å². The van der Waals surface area contributed by atoms with Crippen molar-refractivity contribution in [2.24, 2.45) is 4.99 Å². The molecular weight excluding hydrogens is 366 g/mol. The van der Waals surface area contributed by atoms with Gasteiger partial charge in [0.1, 0.15) is 0 Å². The van der Waals surface area contributed by atoms with E-state index in [2.05, 4.69) is 10.3 Å². The van der Waals surface area contributed by atoms with E-state index in [1.54, 1.807) is 18.2 Å². The Labute approximate surface area is 159 Å². The number of aromatic nitrogens is 1. The summed E-state index contributed by atoms with van der Waals surface area (Å²) in [6.07, 6.45) is 1.73. The molecule has 7 nitrogen and oxygen atoms in total. The number of rotatable bonds is 3. The van der Waals surface area contributed by atoms with Crippen molar-refractivity contribution in [1.29, 1.82) is 0 Å². The largest absolute Gasteiger partial charge is 0.478 e. The molecule has 1 aliphatic heterocycles. The van der Waals surface area contributed by atoms with Crippen LogP contribution < -0.4 is 5.32 Å². The fourth-order valence-electron chi connectivity index (χ4n) is 2.86. The van der Waals surface area contributed by atoms with Gasteiger partial charge in [-0.25, -0.2) is 4.79 Å². The maximum absolute atomic E-state index is 12.1. The summed E-state index contributed by atoms with van der Waals surface area (Å²) in [6, 6.07) is 8.58. The number of benzene rings is 1. The number of aryl methyl sites for hydroxylation is 1. The standard InChI is InChI=1S/C19H17N3O4S/c1-10-7-14(9-16-17(24)21-19(27-16)20-12(3)23)11(2)22(10)15-6-4-5-13(8-15)18(25)26/h4-9H,1-3H3,(H,25,26)(H,20,21,23,24). The summed E-state index contributed by atoms with van der Waals surface area (Å²) >= 11 is 1.11. The topological polar surface area (TPSA) is 101 Å². The zero-order valence-corrected chi connectivity index (χ0v) is 15.8. The first kappa shape index (κ1) is 18.7. The summed E-state index contributed by atoms with van der Waals surface area (Å²) in [4.78, 5) is 38.7. The molecule has 2 aromatic rings. The van der Waals surface area contributed by atoms with Crippen molar-refractivity contribution in [2.75, 3.05) is 0 Å². The van der Waals surface area contributed by atoms with Crippen molar-refractivity contribution >= 4 is 40.8 Å². The highest BCUT2D eigenvalue weighted by Crippen LogP contribution is 2.30. The number of nitrogens with one attached hydrogen (secondary N) is 1. The number of carbonyl (C=O) groups excluding carboxylic acids is 2. The van der Waals surface area contributed by atoms with Crippen LogP contribution in [0, 0.1) is 13.8 Å². The van der Waals surface area contributed by atoms with Gasteiger partial charge in [0, 0.05) is 24.0 Å². The van der Waals surface area contributed by atoms with Crippen molar-refractivity contribution in [3.63, 3.8) is 0 Å². The number of amidine groups is 1. The third-order valence-electron chi connectivity index (χ3n) is 4.01. The zero-order valence-electron chi connectivity index (χ0n) is 14.9. The summed E-state index contributed by atoms with van der Waals surface area (Å²) in [5.74, 6) is -1.68. The molecule has 0 saturated carbocycles. The minimum absolute atomic E-state index is 0.203. The third kappa shape index (κ3) is 3.85. The molecule has 3 rings (SSSR count). The molecule has 8 heteroatoms. The predicted octanol–water partition coefficient (Wildman–Crippen LogP) is 2.90. The Kier molecular flexibility index (Phi) is 5.00. The van der Waals surface area contributed by atoms with Gasteiger partial charge in [-0.3, -0.25) is 9.59 Å². The number of carbonyl (C=O) groups is 3. The predicted molar refractivity (Wildman–Crippen MR) is 104 cm³/mol. The Bertz CT molecular complexity index is 1030. The molecule has 0 fully saturated rings. The molecule has 2 heterocycles. The van der Waals surface area contributed by atoms with Gasteiger partial charge in [0.2, 0.25) is 5.91 Å². The van der Waals surface area contributed by atoms with E-state index < -0.39 is 11.9 Å². The van der Waals surface area contributed by atoms with Gasteiger partial charge in [-0.05, 0) is 61.5 Å². The number of hydrogen-bond acceptors (Lipinski definition) is 4. The SMILES string of the molecule is CC(=O)NC1=NC(=O)C(=Cc2cc(C)n(-c3cccc(C(=O)O)c3)c2C)S1. The smallest absolute Gasteiger partial charge is 0.335 e. The first-order valence-corrected chi connectivity index (χ1v) is 8.90. The van der Waals surface area contributed by atoms with Gasteiger partial charge < -0.3 is 15.0 Å². The van der Waals surface area contributed by atoms with Crippen LogP contribution in [0.25, 0.3) is 11.8 Å². The van der Waals surface area contributed by atoms with E-state index in [-0.39, 0.29) is 16.6 Å². The van der Waals surface area contributed by atoms with Crippen molar-refractivity contribution in [3.8, 4) is 5.69 Å². The van der Waals surface area contributed by atoms with Crippen LogP contribution in [0.4, 0.5) is 0 Å². The van der Waals surface area contributed by atoms with E-state index >= 15 is 0 Å². The van der Waals surface area contributed by atoms with E-state index in [0.29, 0.717) is 4.91 Å². The van der Waals surface area contributed by atoms with Gasteiger partial charge in [-0.1, -0.05) is 6.07 Å². The maximum atomic E-state index is 12.1. The average molecular weight is 383 g/mol. The Morgan fingerprint density at radius 2 is 2.00 bits per heavy atom. The third-order valence-corrected chi connectivity index (χ3v) is 4.91. The highest BCUT2D eigenvalue weighted by Gasteiger charge is 2.23. The number of aromatic carboxylic acids is 1. The van der Waals surface area contributed by atoms with Crippen LogP contribution in [0.15, 0.2) is 40.2 Å². The summed E-state index contributed by atoms with van der Waals surface area (Å²) in [5, 5.41) is 12.0. The Morgan fingerprint density at radius 3 is 2.67 bits per heavy atom. The molecule has 0 spiro atoms. The molecule has 1 aliphatic rings. The zero-order chi connectivity index (χ0) is 19.7. The van der Waals surface area contributed by atoms with Gasteiger partial charge in [-0.2, -0.15) is 4.99 Å². The molecule has 0 unspecified atom stereocenters. The van der Waals surface area contributed by atoms with Crippen LogP contribution in [0.2, 0.25) is 0 Å². The van der Waals surface area contributed by atoms with Gasteiger partial charge in [0.05, 0.1) is 10.5 Å². The molecule has 1 aromatic carbocycles. The lowest BCUT2D eigenvalue weighted by atomic mass is 10.2. The Morgan fingerprint density at radius 1 is 1.26 bits per heavy atom. The lowest BCUT2D eigenvalue weighted by Crippen LogP contribution is -2.23. The molecule has 0 bridgehead atoms. The van der Waals surface area contributed by atoms with Crippen LogP contribution in [0.1, 0.15) is 34.2 Å². The molecule has 2 N–H and O–H groups in total. The van der Waals surface area contributed by atoms with Gasteiger partial charge in [-0.15, -0.1) is 0 Å². The average Bonchev–Trinajstić information content (AvgIpc) is 3.06. The van der Waals surface area contributed by atoms with E-state index in [9.17, 15) is 19.5 Å². The number of hydrogen-bond donors (Lipinski definition) is 2. The number of amides is 2. The molecule has 0 radical (unpaired) electrons. The molecule has 0 saturated heterocycles. The quantitative estimate of drug-likeness (QED) is 0.794. The number of nitrogens with zero attached hydrogens (tertiary/aromatic N) is 2.